The molecule has 0 amide bonds. The highest BCUT2D eigenvalue weighted by atomic mass is 16.5. The largest absolute Gasteiger partial charge is 0.380 e. The first-order chi connectivity index (χ1) is 8.20. The van der Waals surface area contributed by atoms with E-state index in [4.69, 9.17) is 4.74 Å². The fraction of sp³-hybridized carbons (Fsp3) is 0.769. The SMILES string of the molecule is CCCCOCCn1nc(C)c(CNC)c1C. The molecule has 0 aromatic carbocycles. The molecule has 98 valence electrons. The molecule has 1 heterocycles. The monoisotopic (exact) mass is 239 g/mol. The van der Waals surface area contributed by atoms with Crippen LogP contribution in [0.4, 0.5) is 0 Å². The van der Waals surface area contributed by atoms with E-state index in [0.717, 1.165) is 38.4 Å². The molecule has 4 nitrogen and oxygen atoms in total. The number of rotatable bonds is 8. The Bertz CT molecular complexity index is 334. The normalized spacial score (nSPS) is 11.1. The van der Waals surface area contributed by atoms with Crippen molar-refractivity contribution >= 4 is 0 Å². The van der Waals surface area contributed by atoms with Crippen molar-refractivity contribution in [2.75, 3.05) is 20.3 Å². The van der Waals surface area contributed by atoms with E-state index >= 15 is 0 Å². The molecule has 0 aliphatic carbocycles. The van der Waals surface area contributed by atoms with Crippen molar-refractivity contribution in [3.63, 3.8) is 0 Å². The first kappa shape index (κ1) is 14.2. The number of hydrogen-bond donors (Lipinski definition) is 1. The van der Waals surface area contributed by atoms with Crippen LogP contribution >= 0.6 is 0 Å². The second-order valence-electron chi connectivity index (χ2n) is 4.37. The zero-order valence-electron chi connectivity index (χ0n) is 11.5. The van der Waals surface area contributed by atoms with Crippen LogP contribution in [0.25, 0.3) is 0 Å². The van der Waals surface area contributed by atoms with E-state index in [1.807, 2.05) is 11.7 Å². The molecule has 0 saturated carbocycles. The minimum atomic E-state index is 0.751. The summed E-state index contributed by atoms with van der Waals surface area (Å²) in [4.78, 5) is 0. The third kappa shape index (κ3) is 4.13. The van der Waals surface area contributed by atoms with E-state index in [2.05, 4.69) is 31.2 Å². The molecule has 0 saturated heterocycles. The van der Waals surface area contributed by atoms with Gasteiger partial charge in [-0.05, 0) is 27.3 Å². The van der Waals surface area contributed by atoms with Crippen molar-refractivity contribution < 1.29 is 4.74 Å². The van der Waals surface area contributed by atoms with Crippen molar-refractivity contribution in [1.82, 2.24) is 15.1 Å². The summed E-state index contributed by atoms with van der Waals surface area (Å²) in [5.41, 5.74) is 3.67. The Hall–Kier alpha value is -0.870. The van der Waals surface area contributed by atoms with Crippen LogP contribution in [0, 0.1) is 13.8 Å². The van der Waals surface area contributed by atoms with Gasteiger partial charge in [0.1, 0.15) is 0 Å². The van der Waals surface area contributed by atoms with Gasteiger partial charge in [0.05, 0.1) is 18.8 Å². The Morgan fingerprint density at radius 3 is 2.71 bits per heavy atom. The standard InChI is InChI=1S/C13H25N3O/c1-5-6-8-17-9-7-16-12(3)13(10-14-4)11(2)15-16/h14H,5-10H2,1-4H3. The number of aryl methyl sites for hydroxylation is 1. The van der Waals surface area contributed by atoms with Crippen LogP contribution in [0.15, 0.2) is 0 Å². The lowest BCUT2D eigenvalue weighted by molar-refractivity contribution is 0.120. The number of nitrogens with zero attached hydrogens (tertiary/aromatic N) is 2. The molecule has 0 spiro atoms. The van der Waals surface area contributed by atoms with Crippen LogP contribution in [0.5, 0.6) is 0 Å². The fourth-order valence-electron chi connectivity index (χ4n) is 1.88. The molecule has 1 aromatic rings. The van der Waals surface area contributed by atoms with Gasteiger partial charge in [0.25, 0.3) is 0 Å². The van der Waals surface area contributed by atoms with E-state index in [1.165, 1.54) is 17.7 Å². The third-order valence-electron chi connectivity index (χ3n) is 2.97. The van der Waals surface area contributed by atoms with Gasteiger partial charge in [-0.1, -0.05) is 13.3 Å². The second-order valence-corrected chi connectivity index (χ2v) is 4.37. The molecule has 0 unspecified atom stereocenters. The van der Waals surface area contributed by atoms with E-state index in [0.29, 0.717) is 0 Å². The first-order valence-corrected chi connectivity index (χ1v) is 6.46. The molecule has 17 heavy (non-hydrogen) atoms. The Morgan fingerprint density at radius 2 is 2.06 bits per heavy atom. The first-order valence-electron chi connectivity index (χ1n) is 6.46. The van der Waals surface area contributed by atoms with Gasteiger partial charge in [-0.25, -0.2) is 0 Å². The van der Waals surface area contributed by atoms with Crippen molar-refractivity contribution in [3.8, 4) is 0 Å². The van der Waals surface area contributed by atoms with Crippen LogP contribution in [-0.2, 0) is 17.8 Å². The average molecular weight is 239 g/mol. The lowest BCUT2D eigenvalue weighted by Gasteiger charge is -2.06. The molecule has 0 radical (unpaired) electrons. The van der Waals surface area contributed by atoms with Gasteiger partial charge in [-0.2, -0.15) is 5.10 Å². The van der Waals surface area contributed by atoms with Gasteiger partial charge in [-0.15, -0.1) is 0 Å². The third-order valence-corrected chi connectivity index (χ3v) is 2.97. The number of nitrogens with one attached hydrogen (secondary N) is 1. The minimum absolute atomic E-state index is 0.751. The fourth-order valence-corrected chi connectivity index (χ4v) is 1.88. The molecule has 0 atom stereocenters. The highest BCUT2D eigenvalue weighted by molar-refractivity contribution is 5.24. The summed E-state index contributed by atoms with van der Waals surface area (Å²) in [6.07, 6.45) is 2.33. The van der Waals surface area contributed by atoms with Crippen LogP contribution < -0.4 is 5.32 Å². The van der Waals surface area contributed by atoms with E-state index in [1.54, 1.807) is 0 Å². The topological polar surface area (TPSA) is 39.1 Å². The molecule has 4 heteroatoms. The van der Waals surface area contributed by atoms with Gasteiger partial charge in [0, 0.05) is 24.4 Å². The quantitative estimate of drug-likeness (QED) is 0.706. The average Bonchev–Trinajstić information content (AvgIpc) is 2.57. The summed E-state index contributed by atoms with van der Waals surface area (Å²) in [6, 6.07) is 0. The van der Waals surface area contributed by atoms with Crippen LogP contribution in [0.2, 0.25) is 0 Å². The lowest BCUT2D eigenvalue weighted by atomic mass is 10.2. The van der Waals surface area contributed by atoms with E-state index in [9.17, 15) is 0 Å². The predicted octanol–water partition coefficient (Wildman–Crippen LogP) is 2.04. The molecule has 0 bridgehead atoms. The highest BCUT2D eigenvalue weighted by Crippen LogP contribution is 2.12. The van der Waals surface area contributed by atoms with Gasteiger partial charge >= 0.3 is 0 Å². The molecule has 1 aromatic heterocycles. The van der Waals surface area contributed by atoms with Crippen molar-refractivity contribution in [2.24, 2.45) is 0 Å². The van der Waals surface area contributed by atoms with Gasteiger partial charge < -0.3 is 10.1 Å². The number of hydrogen-bond acceptors (Lipinski definition) is 3. The Labute approximate surface area is 104 Å². The van der Waals surface area contributed by atoms with Crippen molar-refractivity contribution in [3.05, 3.63) is 17.0 Å². The van der Waals surface area contributed by atoms with Crippen LogP contribution in [0.3, 0.4) is 0 Å². The molecule has 0 aliphatic rings. The van der Waals surface area contributed by atoms with Gasteiger partial charge in [0.2, 0.25) is 0 Å². The zero-order valence-corrected chi connectivity index (χ0v) is 11.5. The number of unbranched alkanes of at least 4 members (excludes halogenated alkanes) is 1. The van der Waals surface area contributed by atoms with Crippen LogP contribution in [0.1, 0.15) is 36.7 Å². The summed E-state index contributed by atoms with van der Waals surface area (Å²) in [6.45, 7) is 9.70. The maximum Gasteiger partial charge on any atom is 0.0662 e. The van der Waals surface area contributed by atoms with Crippen molar-refractivity contribution in [2.45, 2.75) is 46.7 Å². The number of ether oxygens (including phenoxy) is 1. The Morgan fingerprint density at radius 1 is 1.29 bits per heavy atom. The lowest BCUT2D eigenvalue weighted by Crippen LogP contribution is -2.11. The molecule has 0 fully saturated rings. The summed E-state index contributed by atoms with van der Waals surface area (Å²) < 4.78 is 7.62. The van der Waals surface area contributed by atoms with Crippen molar-refractivity contribution in [1.29, 1.82) is 0 Å². The minimum Gasteiger partial charge on any atom is -0.380 e. The maximum absolute atomic E-state index is 5.57. The smallest absolute Gasteiger partial charge is 0.0662 e. The summed E-state index contributed by atoms with van der Waals surface area (Å²) in [5.74, 6) is 0. The molecular weight excluding hydrogens is 214 g/mol. The van der Waals surface area contributed by atoms with E-state index in [-0.39, 0.29) is 0 Å². The predicted molar refractivity (Wildman–Crippen MR) is 70.2 cm³/mol. The van der Waals surface area contributed by atoms with Crippen LogP contribution in [-0.4, -0.2) is 30.0 Å². The molecular formula is C13H25N3O. The summed E-state index contributed by atoms with van der Waals surface area (Å²) >= 11 is 0. The molecule has 0 aliphatic heterocycles. The van der Waals surface area contributed by atoms with E-state index < -0.39 is 0 Å². The highest BCUT2D eigenvalue weighted by Gasteiger charge is 2.09. The summed E-state index contributed by atoms with van der Waals surface area (Å²) in [5, 5.41) is 7.72. The maximum atomic E-state index is 5.57. The zero-order chi connectivity index (χ0) is 12.7. The number of aromatic nitrogens is 2. The summed E-state index contributed by atoms with van der Waals surface area (Å²) in [7, 11) is 1.96. The molecule has 1 N–H and O–H groups in total. The van der Waals surface area contributed by atoms with Gasteiger partial charge in [-0.3, -0.25) is 4.68 Å². The Balaban J connectivity index is 2.45. The van der Waals surface area contributed by atoms with Gasteiger partial charge in [0.15, 0.2) is 0 Å². The Kier molecular flexibility index (Phi) is 6.22. The molecule has 1 rings (SSSR count). The second kappa shape index (κ2) is 7.45.